The second-order valence-electron chi connectivity index (χ2n) is 4.82. The van der Waals surface area contributed by atoms with Gasteiger partial charge in [0.1, 0.15) is 5.75 Å². The van der Waals surface area contributed by atoms with Crippen molar-refractivity contribution in [2.75, 3.05) is 26.7 Å². The molecule has 0 saturated carbocycles. The molecular weight excluding hydrogens is 240 g/mol. The fourth-order valence-corrected chi connectivity index (χ4v) is 2.10. The molecule has 0 aromatic heterocycles. The summed E-state index contributed by atoms with van der Waals surface area (Å²) < 4.78 is 0. The van der Waals surface area contributed by atoms with E-state index in [-0.39, 0.29) is 5.91 Å². The monoisotopic (exact) mass is 264 g/mol. The van der Waals surface area contributed by atoms with Gasteiger partial charge in [0.2, 0.25) is 5.91 Å². The molecule has 0 atom stereocenters. The predicted molar refractivity (Wildman–Crippen MR) is 77.1 cm³/mol. The maximum atomic E-state index is 12.0. The highest BCUT2D eigenvalue weighted by Crippen LogP contribution is 2.22. The van der Waals surface area contributed by atoms with Gasteiger partial charge in [0.15, 0.2) is 0 Å². The van der Waals surface area contributed by atoms with Gasteiger partial charge in [-0.25, -0.2) is 0 Å². The van der Waals surface area contributed by atoms with Crippen LogP contribution in [0.25, 0.3) is 0 Å². The molecule has 19 heavy (non-hydrogen) atoms. The minimum atomic E-state index is 0.125. The average Bonchev–Trinajstić information content (AvgIpc) is 2.36. The van der Waals surface area contributed by atoms with Gasteiger partial charge in [-0.1, -0.05) is 18.2 Å². The number of benzene rings is 1. The summed E-state index contributed by atoms with van der Waals surface area (Å²) in [5.41, 5.74) is 1.72. The molecule has 1 N–H and O–H groups in total. The Kier molecular flexibility index (Phi) is 5.83. The number of phenols is 1. The number of para-hydroxylation sites is 1. The van der Waals surface area contributed by atoms with E-state index in [0.29, 0.717) is 18.8 Å². The first-order valence-corrected chi connectivity index (χ1v) is 6.73. The van der Waals surface area contributed by atoms with Crippen LogP contribution < -0.4 is 0 Å². The van der Waals surface area contributed by atoms with E-state index in [2.05, 4.69) is 0 Å². The lowest BCUT2D eigenvalue weighted by atomic mass is 10.1. The SMILES string of the molecule is CCN(CC)C(=O)CN(C)Cc1cccc(C)c1O. The smallest absolute Gasteiger partial charge is 0.236 e. The zero-order valence-corrected chi connectivity index (χ0v) is 12.3. The van der Waals surface area contributed by atoms with E-state index < -0.39 is 0 Å². The van der Waals surface area contributed by atoms with Gasteiger partial charge in [0.25, 0.3) is 0 Å². The van der Waals surface area contributed by atoms with Crippen LogP contribution in [0.1, 0.15) is 25.0 Å². The van der Waals surface area contributed by atoms with Crippen molar-refractivity contribution in [1.82, 2.24) is 9.80 Å². The normalized spacial score (nSPS) is 10.8. The van der Waals surface area contributed by atoms with E-state index in [1.807, 2.05) is 55.8 Å². The number of aryl methyl sites for hydroxylation is 1. The second kappa shape index (κ2) is 7.14. The summed E-state index contributed by atoms with van der Waals surface area (Å²) in [7, 11) is 1.89. The Morgan fingerprint density at radius 3 is 2.47 bits per heavy atom. The van der Waals surface area contributed by atoms with Crippen molar-refractivity contribution in [2.45, 2.75) is 27.3 Å². The number of nitrogens with zero attached hydrogens (tertiary/aromatic N) is 2. The Morgan fingerprint density at radius 2 is 1.89 bits per heavy atom. The molecule has 0 fully saturated rings. The van der Waals surface area contributed by atoms with Crippen LogP contribution in [-0.2, 0) is 11.3 Å². The van der Waals surface area contributed by atoms with Crippen LogP contribution in [0.5, 0.6) is 5.75 Å². The van der Waals surface area contributed by atoms with Crippen molar-refractivity contribution in [3.63, 3.8) is 0 Å². The van der Waals surface area contributed by atoms with Crippen molar-refractivity contribution < 1.29 is 9.90 Å². The maximum Gasteiger partial charge on any atom is 0.236 e. The number of amides is 1. The topological polar surface area (TPSA) is 43.8 Å². The first-order valence-electron chi connectivity index (χ1n) is 6.73. The van der Waals surface area contributed by atoms with Crippen LogP contribution in [-0.4, -0.2) is 47.5 Å². The van der Waals surface area contributed by atoms with E-state index in [0.717, 1.165) is 24.2 Å². The minimum Gasteiger partial charge on any atom is -0.507 e. The minimum absolute atomic E-state index is 0.125. The number of carbonyl (C=O) groups excluding carboxylic acids is 1. The molecular formula is C15H24N2O2. The lowest BCUT2D eigenvalue weighted by Gasteiger charge is -2.23. The fourth-order valence-electron chi connectivity index (χ4n) is 2.10. The molecule has 4 heteroatoms. The van der Waals surface area contributed by atoms with Crippen molar-refractivity contribution in [2.24, 2.45) is 0 Å². The maximum absolute atomic E-state index is 12.0. The lowest BCUT2D eigenvalue weighted by Crippen LogP contribution is -2.38. The largest absolute Gasteiger partial charge is 0.507 e. The molecule has 4 nitrogen and oxygen atoms in total. The van der Waals surface area contributed by atoms with E-state index >= 15 is 0 Å². The Morgan fingerprint density at radius 1 is 1.26 bits per heavy atom. The van der Waals surface area contributed by atoms with Gasteiger partial charge in [-0.05, 0) is 33.4 Å². The molecule has 0 aliphatic heterocycles. The third-order valence-electron chi connectivity index (χ3n) is 3.28. The average molecular weight is 264 g/mol. The highest BCUT2D eigenvalue weighted by molar-refractivity contribution is 5.78. The molecule has 0 spiro atoms. The van der Waals surface area contributed by atoms with Crippen LogP contribution in [0.15, 0.2) is 18.2 Å². The molecule has 1 amide bonds. The van der Waals surface area contributed by atoms with E-state index in [9.17, 15) is 9.90 Å². The first-order chi connectivity index (χ1) is 8.99. The molecule has 0 saturated heterocycles. The molecule has 1 aromatic rings. The van der Waals surface area contributed by atoms with E-state index in [1.165, 1.54) is 0 Å². The summed E-state index contributed by atoms with van der Waals surface area (Å²) in [6.45, 7) is 8.24. The fraction of sp³-hybridized carbons (Fsp3) is 0.533. The van der Waals surface area contributed by atoms with E-state index in [1.54, 1.807) is 0 Å². The summed E-state index contributed by atoms with van der Waals surface area (Å²) in [6.07, 6.45) is 0. The summed E-state index contributed by atoms with van der Waals surface area (Å²) in [4.78, 5) is 15.7. The molecule has 0 bridgehead atoms. The van der Waals surface area contributed by atoms with Crippen molar-refractivity contribution in [3.8, 4) is 5.75 Å². The molecule has 0 unspecified atom stereocenters. The van der Waals surface area contributed by atoms with Gasteiger partial charge in [0, 0.05) is 25.2 Å². The highest BCUT2D eigenvalue weighted by atomic mass is 16.3. The van der Waals surface area contributed by atoms with Gasteiger partial charge in [0.05, 0.1) is 6.54 Å². The molecule has 1 rings (SSSR count). The Bertz CT molecular complexity index is 428. The highest BCUT2D eigenvalue weighted by Gasteiger charge is 2.13. The van der Waals surface area contributed by atoms with Crippen molar-refractivity contribution >= 4 is 5.91 Å². The summed E-state index contributed by atoms with van der Waals surface area (Å²) >= 11 is 0. The number of rotatable bonds is 6. The van der Waals surface area contributed by atoms with Gasteiger partial charge in [-0.2, -0.15) is 0 Å². The summed E-state index contributed by atoms with van der Waals surface area (Å²) in [6, 6.07) is 5.69. The molecule has 0 aliphatic carbocycles. The van der Waals surface area contributed by atoms with Crippen LogP contribution in [0.4, 0.5) is 0 Å². The summed E-state index contributed by atoms with van der Waals surface area (Å²) in [5, 5.41) is 9.96. The number of phenolic OH excluding ortho intramolecular Hbond substituents is 1. The zero-order chi connectivity index (χ0) is 14.4. The second-order valence-corrected chi connectivity index (χ2v) is 4.82. The molecule has 0 aliphatic rings. The Labute approximate surface area is 115 Å². The van der Waals surface area contributed by atoms with Gasteiger partial charge < -0.3 is 10.0 Å². The van der Waals surface area contributed by atoms with Gasteiger partial charge >= 0.3 is 0 Å². The zero-order valence-electron chi connectivity index (χ0n) is 12.3. The number of likely N-dealkylation sites (N-methyl/N-ethyl adjacent to an activating group) is 2. The van der Waals surface area contributed by atoms with Crippen LogP contribution in [0.2, 0.25) is 0 Å². The van der Waals surface area contributed by atoms with Crippen molar-refractivity contribution in [1.29, 1.82) is 0 Å². The number of hydrogen-bond acceptors (Lipinski definition) is 3. The lowest BCUT2D eigenvalue weighted by molar-refractivity contribution is -0.131. The number of hydrogen-bond donors (Lipinski definition) is 1. The first kappa shape index (κ1) is 15.5. The molecule has 106 valence electrons. The molecule has 0 radical (unpaired) electrons. The summed E-state index contributed by atoms with van der Waals surface area (Å²) in [5.74, 6) is 0.448. The van der Waals surface area contributed by atoms with Crippen LogP contribution in [0.3, 0.4) is 0 Å². The number of carbonyl (C=O) groups is 1. The molecule has 1 aromatic carbocycles. The van der Waals surface area contributed by atoms with E-state index in [4.69, 9.17) is 0 Å². The Hall–Kier alpha value is -1.55. The Balaban J connectivity index is 2.62. The van der Waals surface area contributed by atoms with Crippen molar-refractivity contribution in [3.05, 3.63) is 29.3 Å². The number of aromatic hydroxyl groups is 1. The third kappa shape index (κ3) is 4.24. The van der Waals surface area contributed by atoms with Gasteiger partial charge in [-0.15, -0.1) is 0 Å². The molecule has 0 heterocycles. The van der Waals surface area contributed by atoms with Crippen LogP contribution in [0, 0.1) is 6.92 Å². The quantitative estimate of drug-likeness (QED) is 0.854. The van der Waals surface area contributed by atoms with Gasteiger partial charge in [-0.3, -0.25) is 9.69 Å². The standard InChI is InChI=1S/C15H24N2O2/c1-5-17(6-2)14(18)11-16(4)10-13-9-7-8-12(3)15(13)19/h7-9,19H,5-6,10-11H2,1-4H3. The predicted octanol–water partition coefficient (Wildman–Crippen LogP) is 2.00. The van der Waals surface area contributed by atoms with Crippen LogP contribution >= 0.6 is 0 Å². The third-order valence-corrected chi connectivity index (χ3v) is 3.28.